The van der Waals surface area contributed by atoms with Crippen molar-refractivity contribution in [2.24, 2.45) is 0 Å². The van der Waals surface area contributed by atoms with Crippen LogP contribution in [-0.2, 0) is 0 Å². The van der Waals surface area contributed by atoms with E-state index in [4.69, 9.17) is 10.8 Å². The highest BCUT2D eigenvalue weighted by Gasteiger charge is 2.13. The van der Waals surface area contributed by atoms with Crippen molar-refractivity contribution in [3.63, 3.8) is 0 Å². The van der Waals surface area contributed by atoms with Crippen LogP contribution in [0.5, 0.6) is 0 Å². The highest BCUT2D eigenvalue weighted by atomic mass is 16.4. The first-order chi connectivity index (χ1) is 14.1. The summed E-state index contributed by atoms with van der Waals surface area (Å²) < 4.78 is 5.82. The lowest BCUT2D eigenvalue weighted by molar-refractivity contribution is 0.102. The lowest BCUT2D eigenvalue weighted by atomic mass is 10.1. The van der Waals surface area contributed by atoms with E-state index in [2.05, 4.69) is 21.4 Å². The van der Waals surface area contributed by atoms with Crippen molar-refractivity contribution in [3.8, 4) is 35.3 Å². The van der Waals surface area contributed by atoms with E-state index in [9.17, 15) is 4.79 Å². The van der Waals surface area contributed by atoms with Crippen molar-refractivity contribution in [1.82, 2.24) is 10.2 Å². The first kappa shape index (κ1) is 18.2. The Bertz CT molecular complexity index is 1220. The molecule has 0 spiro atoms. The molecule has 0 aliphatic carbocycles. The molecule has 140 valence electrons. The van der Waals surface area contributed by atoms with E-state index in [1.165, 1.54) is 0 Å². The summed E-state index contributed by atoms with van der Waals surface area (Å²) in [5.41, 5.74) is 4.56. The fourth-order valence-electron chi connectivity index (χ4n) is 2.92. The molecule has 5 nitrogen and oxygen atoms in total. The molecule has 0 radical (unpaired) electrons. The van der Waals surface area contributed by atoms with Gasteiger partial charge in [0.25, 0.3) is 5.91 Å². The normalized spacial score (nSPS) is 10.3. The Balaban J connectivity index is 1.52. The second kappa shape index (κ2) is 7.83. The molecule has 1 N–H and O–H groups in total. The van der Waals surface area contributed by atoms with Crippen molar-refractivity contribution in [1.29, 1.82) is 0 Å². The summed E-state index contributed by atoms with van der Waals surface area (Å²) in [6.07, 6.45) is 5.40. The largest absolute Gasteiger partial charge is 0.416 e. The van der Waals surface area contributed by atoms with Crippen LogP contribution >= 0.6 is 0 Å². The topological polar surface area (TPSA) is 68.0 Å². The number of carbonyl (C=O) groups excluding carboxylic acids is 1. The zero-order valence-electron chi connectivity index (χ0n) is 15.7. The molecule has 0 aliphatic rings. The molecule has 1 heterocycles. The van der Waals surface area contributed by atoms with Crippen LogP contribution in [0, 0.1) is 19.3 Å². The van der Waals surface area contributed by atoms with Gasteiger partial charge in [0.15, 0.2) is 0 Å². The zero-order valence-corrected chi connectivity index (χ0v) is 15.7. The molecule has 0 atom stereocenters. The average Bonchev–Trinajstić information content (AvgIpc) is 3.24. The standard InChI is InChI=1S/C24H17N3O2/c1-3-17-8-6-9-20(15-17)25-22(28)18-11-13-19(14-12-18)23-26-27-24(29-23)21-10-5-4-7-16(21)2/h1,4-15H,2H3,(H,25,28). The molecule has 0 fully saturated rings. The minimum Gasteiger partial charge on any atom is -0.416 e. The van der Waals surface area contributed by atoms with E-state index in [1.54, 1.807) is 48.5 Å². The van der Waals surface area contributed by atoms with Gasteiger partial charge in [0.05, 0.1) is 0 Å². The molecule has 0 saturated heterocycles. The molecule has 3 aromatic carbocycles. The second-order valence-electron chi connectivity index (χ2n) is 6.48. The summed E-state index contributed by atoms with van der Waals surface area (Å²) in [7, 11) is 0. The van der Waals surface area contributed by atoms with Crippen molar-refractivity contribution in [2.45, 2.75) is 6.92 Å². The molecule has 29 heavy (non-hydrogen) atoms. The average molecular weight is 379 g/mol. The SMILES string of the molecule is C#Cc1cccc(NC(=O)c2ccc(-c3nnc(-c4ccccc4C)o3)cc2)c1. The summed E-state index contributed by atoms with van der Waals surface area (Å²) in [6, 6.07) is 22.0. The number of aryl methyl sites for hydroxylation is 1. The highest BCUT2D eigenvalue weighted by molar-refractivity contribution is 6.04. The summed E-state index contributed by atoms with van der Waals surface area (Å²) in [5, 5.41) is 11.1. The van der Waals surface area contributed by atoms with E-state index < -0.39 is 0 Å². The number of rotatable bonds is 4. The van der Waals surface area contributed by atoms with Crippen molar-refractivity contribution in [2.75, 3.05) is 5.32 Å². The summed E-state index contributed by atoms with van der Waals surface area (Å²) in [4.78, 5) is 12.5. The molecule has 0 aliphatic heterocycles. The maximum Gasteiger partial charge on any atom is 0.255 e. The van der Waals surface area contributed by atoms with Crippen LogP contribution < -0.4 is 5.32 Å². The lowest BCUT2D eigenvalue weighted by Crippen LogP contribution is -2.11. The maximum atomic E-state index is 12.5. The van der Waals surface area contributed by atoms with Gasteiger partial charge in [0, 0.05) is 27.9 Å². The van der Waals surface area contributed by atoms with Crippen LogP contribution in [0.2, 0.25) is 0 Å². The third kappa shape index (κ3) is 3.92. The van der Waals surface area contributed by atoms with Gasteiger partial charge < -0.3 is 9.73 Å². The van der Waals surface area contributed by atoms with Crippen LogP contribution in [0.25, 0.3) is 22.9 Å². The number of aromatic nitrogens is 2. The maximum absolute atomic E-state index is 12.5. The van der Waals surface area contributed by atoms with E-state index in [0.29, 0.717) is 28.6 Å². The molecular formula is C24H17N3O2. The fourth-order valence-corrected chi connectivity index (χ4v) is 2.92. The Kier molecular flexibility index (Phi) is 4.91. The Labute approximate surface area is 168 Å². The molecular weight excluding hydrogens is 362 g/mol. The number of nitrogens with zero attached hydrogens (tertiary/aromatic N) is 2. The number of terminal acetylenes is 1. The molecule has 4 aromatic rings. The number of benzene rings is 3. The van der Waals surface area contributed by atoms with Crippen molar-refractivity contribution < 1.29 is 9.21 Å². The first-order valence-electron chi connectivity index (χ1n) is 9.02. The number of nitrogens with one attached hydrogen (secondary N) is 1. The summed E-state index contributed by atoms with van der Waals surface area (Å²) >= 11 is 0. The van der Waals surface area contributed by atoms with Crippen LogP contribution in [0.1, 0.15) is 21.5 Å². The van der Waals surface area contributed by atoms with Gasteiger partial charge in [-0.05, 0) is 61.0 Å². The Hall–Kier alpha value is -4.17. The quantitative estimate of drug-likeness (QED) is 0.510. The Morgan fingerprint density at radius 3 is 2.48 bits per heavy atom. The Morgan fingerprint density at radius 1 is 0.966 bits per heavy atom. The van der Waals surface area contributed by atoms with Crippen LogP contribution in [-0.4, -0.2) is 16.1 Å². The van der Waals surface area contributed by atoms with Gasteiger partial charge in [0.1, 0.15) is 0 Å². The molecule has 4 rings (SSSR count). The van der Waals surface area contributed by atoms with Crippen molar-refractivity contribution >= 4 is 11.6 Å². The van der Waals surface area contributed by atoms with E-state index in [-0.39, 0.29) is 5.91 Å². The van der Waals surface area contributed by atoms with Crippen LogP contribution in [0.3, 0.4) is 0 Å². The summed E-state index contributed by atoms with van der Waals surface area (Å²) in [5.74, 6) is 3.19. The van der Waals surface area contributed by atoms with Gasteiger partial charge in [-0.2, -0.15) is 0 Å². The van der Waals surface area contributed by atoms with Crippen LogP contribution in [0.4, 0.5) is 5.69 Å². The Morgan fingerprint density at radius 2 is 1.72 bits per heavy atom. The van der Waals surface area contributed by atoms with E-state index in [1.807, 2.05) is 31.2 Å². The predicted octanol–water partition coefficient (Wildman–Crippen LogP) is 4.95. The second-order valence-corrected chi connectivity index (χ2v) is 6.48. The minimum atomic E-state index is -0.225. The molecule has 1 amide bonds. The smallest absolute Gasteiger partial charge is 0.255 e. The van der Waals surface area contributed by atoms with E-state index in [0.717, 1.165) is 16.7 Å². The number of hydrogen-bond donors (Lipinski definition) is 1. The highest BCUT2D eigenvalue weighted by Crippen LogP contribution is 2.26. The van der Waals surface area contributed by atoms with Gasteiger partial charge in [-0.1, -0.05) is 30.2 Å². The van der Waals surface area contributed by atoms with Gasteiger partial charge in [-0.25, -0.2) is 0 Å². The fraction of sp³-hybridized carbons (Fsp3) is 0.0417. The molecule has 0 unspecified atom stereocenters. The number of amides is 1. The predicted molar refractivity (Wildman–Crippen MR) is 112 cm³/mol. The van der Waals surface area contributed by atoms with Gasteiger partial charge in [-0.15, -0.1) is 16.6 Å². The third-order valence-corrected chi connectivity index (χ3v) is 4.48. The van der Waals surface area contributed by atoms with E-state index >= 15 is 0 Å². The van der Waals surface area contributed by atoms with Gasteiger partial charge >= 0.3 is 0 Å². The number of anilines is 1. The zero-order chi connectivity index (χ0) is 20.2. The van der Waals surface area contributed by atoms with Crippen molar-refractivity contribution in [3.05, 3.63) is 89.5 Å². The third-order valence-electron chi connectivity index (χ3n) is 4.48. The van der Waals surface area contributed by atoms with Crippen LogP contribution in [0.15, 0.2) is 77.2 Å². The monoisotopic (exact) mass is 379 g/mol. The molecule has 0 saturated carbocycles. The number of carbonyl (C=O) groups is 1. The minimum absolute atomic E-state index is 0.225. The summed E-state index contributed by atoms with van der Waals surface area (Å²) in [6.45, 7) is 1.99. The molecule has 5 heteroatoms. The molecule has 1 aromatic heterocycles. The molecule has 0 bridgehead atoms. The lowest BCUT2D eigenvalue weighted by Gasteiger charge is -2.06. The number of hydrogen-bond acceptors (Lipinski definition) is 4. The first-order valence-corrected chi connectivity index (χ1v) is 9.02. The van der Waals surface area contributed by atoms with Gasteiger partial charge in [-0.3, -0.25) is 4.79 Å². The van der Waals surface area contributed by atoms with Gasteiger partial charge in [0.2, 0.25) is 11.8 Å².